The van der Waals surface area contributed by atoms with Crippen LogP contribution in [0.2, 0.25) is 0 Å². The first-order valence-corrected chi connectivity index (χ1v) is 10.8. The van der Waals surface area contributed by atoms with Crippen molar-refractivity contribution in [2.45, 2.75) is 18.0 Å². The van der Waals surface area contributed by atoms with Crippen LogP contribution in [0.3, 0.4) is 0 Å². The summed E-state index contributed by atoms with van der Waals surface area (Å²) in [5.74, 6) is 0.354. The number of nitrogens with one attached hydrogen (secondary N) is 2. The number of halogens is 1. The number of benzene rings is 2. The number of hydrogen-bond donors (Lipinski definition) is 2. The molecule has 0 unspecified atom stereocenters. The minimum Gasteiger partial charge on any atom is -0.342 e. The first kappa shape index (κ1) is 19.0. The number of carbonyl (C=O) groups is 2. The fourth-order valence-electron chi connectivity index (χ4n) is 3.16. The Morgan fingerprint density at radius 1 is 1.18 bits per heavy atom. The maximum absolute atomic E-state index is 12.5. The zero-order valence-corrected chi connectivity index (χ0v) is 17.5. The van der Waals surface area contributed by atoms with Crippen molar-refractivity contribution in [1.82, 2.24) is 14.9 Å². The van der Waals surface area contributed by atoms with Crippen molar-refractivity contribution in [2.75, 3.05) is 24.2 Å². The van der Waals surface area contributed by atoms with Crippen LogP contribution < -0.4 is 5.32 Å². The molecule has 1 aromatic heterocycles. The average molecular weight is 459 g/mol. The van der Waals surface area contributed by atoms with E-state index in [1.54, 1.807) is 6.07 Å². The van der Waals surface area contributed by atoms with Crippen molar-refractivity contribution in [2.24, 2.45) is 0 Å². The van der Waals surface area contributed by atoms with Crippen LogP contribution in [0, 0.1) is 0 Å². The Hall–Kier alpha value is -2.32. The standard InChI is InChI=1S/C20H19BrN4O2S/c21-15-6-2-1-5-14(15)19(27)22-13-7-8-16-17(11-13)24-20(23-16)28-12-18(26)25-9-3-4-10-25/h1-2,5-8,11H,3-4,9-10,12H2,(H,22,27)(H,23,24). The molecule has 0 radical (unpaired) electrons. The summed E-state index contributed by atoms with van der Waals surface area (Å²) in [6, 6.07) is 12.8. The molecule has 8 heteroatoms. The van der Waals surface area contributed by atoms with Gasteiger partial charge in [0.15, 0.2) is 5.16 Å². The summed E-state index contributed by atoms with van der Waals surface area (Å²) in [4.78, 5) is 34.3. The summed E-state index contributed by atoms with van der Waals surface area (Å²) in [7, 11) is 0. The van der Waals surface area contributed by atoms with E-state index in [-0.39, 0.29) is 11.8 Å². The Labute approximate surface area is 175 Å². The van der Waals surface area contributed by atoms with Crippen molar-refractivity contribution in [3.05, 3.63) is 52.5 Å². The van der Waals surface area contributed by atoms with Crippen molar-refractivity contribution in [1.29, 1.82) is 0 Å². The van der Waals surface area contributed by atoms with Gasteiger partial charge in [-0.2, -0.15) is 0 Å². The van der Waals surface area contributed by atoms with Crippen molar-refractivity contribution in [3.63, 3.8) is 0 Å². The predicted molar refractivity (Wildman–Crippen MR) is 115 cm³/mol. The second-order valence-corrected chi connectivity index (χ2v) is 8.40. The second kappa shape index (κ2) is 8.36. The van der Waals surface area contributed by atoms with Gasteiger partial charge in [-0.1, -0.05) is 23.9 Å². The molecule has 1 saturated heterocycles. The summed E-state index contributed by atoms with van der Waals surface area (Å²) < 4.78 is 0.747. The predicted octanol–water partition coefficient (Wildman–Crippen LogP) is 4.29. The molecule has 0 aliphatic carbocycles. The number of nitrogens with zero attached hydrogens (tertiary/aromatic N) is 2. The lowest BCUT2D eigenvalue weighted by Gasteiger charge is -2.13. The number of thioether (sulfide) groups is 1. The Kier molecular flexibility index (Phi) is 5.68. The van der Waals surface area contributed by atoms with Gasteiger partial charge in [-0.05, 0) is 59.1 Å². The van der Waals surface area contributed by atoms with E-state index in [2.05, 4.69) is 31.2 Å². The highest BCUT2D eigenvalue weighted by Gasteiger charge is 2.18. The number of rotatable bonds is 5. The molecular formula is C20H19BrN4O2S. The van der Waals surface area contributed by atoms with E-state index in [1.165, 1.54) is 11.8 Å². The molecule has 2 amide bonds. The molecule has 6 nitrogen and oxygen atoms in total. The summed E-state index contributed by atoms with van der Waals surface area (Å²) in [5, 5.41) is 3.61. The molecule has 144 valence electrons. The van der Waals surface area contributed by atoms with Crippen LogP contribution in [0.5, 0.6) is 0 Å². The molecule has 28 heavy (non-hydrogen) atoms. The van der Waals surface area contributed by atoms with E-state index in [0.29, 0.717) is 22.2 Å². The number of anilines is 1. The number of likely N-dealkylation sites (tertiary alicyclic amines) is 1. The highest BCUT2D eigenvalue weighted by molar-refractivity contribution is 9.10. The lowest BCUT2D eigenvalue weighted by molar-refractivity contribution is -0.127. The third-order valence-corrected chi connectivity index (χ3v) is 6.18. The summed E-state index contributed by atoms with van der Waals surface area (Å²) in [5.41, 5.74) is 2.88. The molecule has 1 aliphatic heterocycles. The Morgan fingerprint density at radius 2 is 1.96 bits per heavy atom. The number of H-pyrrole nitrogens is 1. The molecule has 0 saturated carbocycles. The van der Waals surface area contributed by atoms with Crippen LogP contribution in [-0.4, -0.2) is 45.5 Å². The molecule has 2 N–H and O–H groups in total. The van der Waals surface area contributed by atoms with Gasteiger partial charge < -0.3 is 15.2 Å². The summed E-state index contributed by atoms with van der Waals surface area (Å²) in [6.45, 7) is 1.72. The van der Waals surface area contributed by atoms with Gasteiger partial charge in [0.2, 0.25) is 5.91 Å². The zero-order valence-electron chi connectivity index (χ0n) is 15.1. The van der Waals surface area contributed by atoms with E-state index >= 15 is 0 Å². The quantitative estimate of drug-likeness (QED) is 0.558. The van der Waals surface area contributed by atoms with Gasteiger partial charge in [0.25, 0.3) is 5.91 Å². The van der Waals surface area contributed by atoms with E-state index in [0.717, 1.165) is 41.4 Å². The Balaban J connectivity index is 1.43. The lowest BCUT2D eigenvalue weighted by atomic mass is 10.2. The Morgan fingerprint density at radius 3 is 2.75 bits per heavy atom. The molecule has 0 spiro atoms. The van der Waals surface area contributed by atoms with E-state index < -0.39 is 0 Å². The maximum atomic E-state index is 12.5. The molecular weight excluding hydrogens is 440 g/mol. The number of aromatic nitrogens is 2. The van der Waals surface area contributed by atoms with Gasteiger partial charge in [0.05, 0.1) is 22.3 Å². The second-order valence-electron chi connectivity index (χ2n) is 6.58. The molecule has 1 aliphatic rings. The molecule has 1 fully saturated rings. The molecule has 0 bridgehead atoms. The highest BCUT2D eigenvalue weighted by Crippen LogP contribution is 2.24. The van der Waals surface area contributed by atoms with Crippen LogP contribution in [0.15, 0.2) is 52.1 Å². The summed E-state index contributed by atoms with van der Waals surface area (Å²) in [6.07, 6.45) is 2.18. The number of amides is 2. The normalized spacial score (nSPS) is 13.8. The van der Waals surface area contributed by atoms with Gasteiger partial charge >= 0.3 is 0 Å². The van der Waals surface area contributed by atoms with Gasteiger partial charge in [0, 0.05) is 23.2 Å². The van der Waals surface area contributed by atoms with E-state index in [9.17, 15) is 9.59 Å². The first-order valence-electron chi connectivity index (χ1n) is 9.06. The van der Waals surface area contributed by atoms with Crippen molar-refractivity contribution < 1.29 is 9.59 Å². The van der Waals surface area contributed by atoms with Crippen LogP contribution in [0.1, 0.15) is 23.2 Å². The van der Waals surface area contributed by atoms with Crippen LogP contribution >= 0.6 is 27.7 Å². The molecule has 2 heterocycles. The van der Waals surface area contributed by atoms with Gasteiger partial charge in [-0.3, -0.25) is 9.59 Å². The fourth-order valence-corrected chi connectivity index (χ4v) is 4.42. The van der Waals surface area contributed by atoms with Gasteiger partial charge in [-0.25, -0.2) is 4.98 Å². The van der Waals surface area contributed by atoms with Crippen LogP contribution in [0.4, 0.5) is 5.69 Å². The van der Waals surface area contributed by atoms with Crippen LogP contribution in [-0.2, 0) is 4.79 Å². The molecule has 3 aromatic rings. The number of aromatic amines is 1. The zero-order chi connectivity index (χ0) is 19.5. The SMILES string of the molecule is O=C(Nc1ccc2nc(SCC(=O)N3CCCC3)[nH]c2c1)c1ccccc1Br. The van der Waals surface area contributed by atoms with Gasteiger partial charge in [0.1, 0.15) is 0 Å². The number of imidazole rings is 1. The van der Waals surface area contributed by atoms with E-state index in [4.69, 9.17) is 0 Å². The third-order valence-electron chi connectivity index (χ3n) is 4.63. The fraction of sp³-hybridized carbons (Fsp3) is 0.250. The lowest BCUT2D eigenvalue weighted by Crippen LogP contribution is -2.29. The smallest absolute Gasteiger partial charge is 0.256 e. The number of hydrogen-bond acceptors (Lipinski definition) is 4. The van der Waals surface area contributed by atoms with Gasteiger partial charge in [-0.15, -0.1) is 0 Å². The maximum Gasteiger partial charge on any atom is 0.256 e. The molecule has 0 atom stereocenters. The number of carbonyl (C=O) groups excluding carboxylic acids is 2. The van der Waals surface area contributed by atoms with Crippen molar-refractivity contribution in [3.8, 4) is 0 Å². The highest BCUT2D eigenvalue weighted by atomic mass is 79.9. The first-order chi connectivity index (χ1) is 13.6. The number of fused-ring (bicyclic) bond motifs is 1. The van der Waals surface area contributed by atoms with E-state index in [1.807, 2.05) is 41.3 Å². The summed E-state index contributed by atoms with van der Waals surface area (Å²) >= 11 is 4.80. The Bertz CT molecular complexity index is 1030. The topological polar surface area (TPSA) is 78.1 Å². The minimum atomic E-state index is -0.183. The molecule has 2 aromatic carbocycles. The largest absolute Gasteiger partial charge is 0.342 e. The van der Waals surface area contributed by atoms with Crippen LogP contribution in [0.25, 0.3) is 11.0 Å². The average Bonchev–Trinajstić information content (AvgIpc) is 3.36. The molecule has 4 rings (SSSR count). The monoisotopic (exact) mass is 458 g/mol. The van der Waals surface area contributed by atoms with Crippen molar-refractivity contribution >= 4 is 56.2 Å². The minimum absolute atomic E-state index is 0.157. The third kappa shape index (κ3) is 4.23.